The number of ether oxygens (including phenoxy) is 1. The van der Waals surface area contributed by atoms with Gasteiger partial charge >= 0.3 is 0 Å². The van der Waals surface area contributed by atoms with Gasteiger partial charge in [-0.1, -0.05) is 37.3 Å². The second-order valence-electron chi connectivity index (χ2n) is 4.72. The highest BCUT2D eigenvalue weighted by molar-refractivity contribution is 7.71. The molecule has 1 aliphatic rings. The minimum atomic E-state index is -2.20. The third-order valence-corrected chi connectivity index (χ3v) is 6.80. The number of benzene rings is 1. The Morgan fingerprint density at radius 2 is 1.89 bits per heavy atom. The zero-order chi connectivity index (χ0) is 12.8. The Labute approximate surface area is 110 Å². The Morgan fingerprint density at radius 3 is 2.50 bits per heavy atom. The molecule has 1 unspecified atom stereocenters. The van der Waals surface area contributed by atoms with Gasteiger partial charge in [0.05, 0.1) is 13.2 Å². The molecule has 0 N–H and O–H groups in total. The predicted molar refractivity (Wildman–Crippen MR) is 76.3 cm³/mol. The van der Waals surface area contributed by atoms with Crippen molar-refractivity contribution in [2.45, 2.75) is 6.92 Å². The van der Waals surface area contributed by atoms with E-state index in [-0.39, 0.29) is 0 Å². The van der Waals surface area contributed by atoms with Crippen molar-refractivity contribution >= 4 is 12.4 Å². The maximum Gasteiger partial charge on any atom is 0.116 e. The molecule has 1 aromatic carbocycles. The largest absolute Gasteiger partial charge is 0.379 e. The third-order valence-electron chi connectivity index (χ3n) is 3.62. The molecule has 0 amide bonds. The number of hydrogen-bond acceptors (Lipinski definition) is 3. The molecule has 1 fully saturated rings. The van der Waals surface area contributed by atoms with Crippen LogP contribution in [0, 0.1) is 0 Å². The van der Waals surface area contributed by atoms with E-state index >= 15 is 0 Å². The zero-order valence-electron chi connectivity index (χ0n) is 11.0. The van der Waals surface area contributed by atoms with E-state index < -0.39 is 7.14 Å². The van der Waals surface area contributed by atoms with Gasteiger partial charge in [0.15, 0.2) is 0 Å². The molecule has 0 aromatic heterocycles. The Bertz CT molecular complexity index is 402. The van der Waals surface area contributed by atoms with E-state index in [1.807, 2.05) is 37.3 Å². The molecule has 100 valence electrons. The fraction of sp³-hybridized carbons (Fsp3) is 0.571. The van der Waals surface area contributed by atoms with Gasteiger partial charge in [-0.3, -0.25) is 4.90 Å². The Kier molecular flexibility index (Phi) is 4.99. The van der Waals surface area contributed by atoms with Gasteiger partial charge in [0, 0.05) is 37.3 Å². The van der Waals surface area contributed by atoms with Crippen LogP contribution in [0.15, 0.2) is 30.3 Å². The first-order valence-electron chi connectivity index (χ1n) is 6.68. The van der Waals surface area contributed by atoms with Crippen molar-refractivity contribution in [3.05, 3.63) is 30.3 Å². The molecule has 1 aliphatic heterocycles. The first-order chi connectivity index (χ1) is 8.74. The van der Waals surface area contributed by atoms with Crippen molar-refractivity contribution < 1.29 is 9.30 Å². The molecule has 0 spiro atoms. The summed E-state index contributed by atoms with van der Waals surface area (Å²) < 4.78 is 18.3. The Balaban J connectivity index is 1.98. The van der Waals surface area contributed by atoms with E-state index in [0.717, 1.165) is 50.5 Å². The van der Waals surface area contributed by atoms with Crippen LogP contribution in [0.4, 0.5) is 0 Å². The van der Waals surface area contributed by atoms with Crippen molar-refractivity contribution in [2.75, 3.05) is 45.2 Å². The minimum absolute atomic E-state index is 0.751. The predicted octanol–water partition coefficient (Wildman–Crippen LogP) is 2.03. The van der Waals surface area contributed by atoms with Gasteiger partial charge in [-0.2, -0.15) is 0 Å². The summed E-state index contributed by atoms with van der Waals surface area (Å²) in [6.07, 6.45) is 1.54. The number of hydrogen-bond donors (Lipinski definition) is 0. The highest BCUT2D eigenvalue weighted by Crippen LogP contribution is 2.43. The molecular formula is C14H22NO2P. The average Bonchev–Trinajstić information content (AvgIpc) is 2.47. The van der Waals surface area contributed by atoms with Crippen LogP contribution in [-0.2, 0) is 9.30 Å². The van der Waals surface area contributed by atoms with E-state index in [9.17, 15) is 4.57 Å². The van der Waals surface area contributed by atoms with Crippen LogP contribution in [0.3, 0.4) is 0 Å². The van der Waals surface area contributed by atoms with Crippen LogP contribution in [-0.4, -0.2) is 50.1 Å². The van der Waals surface area contributed by atoms with E-state index in [2.05, 4.69) is 4.90 Å². The smallest absolute Gasteiger partial charge is 0.116 e. The molecule has 0 aliphatic carbocycles. The maximum atomic E-state index is 13.0. The molecule has 0 radical (unpaired) electrons. The van der Waals surface area contributed by atoms with Crippen molar-refractivity contribution in [2.24, 2.45) is 0 Å². The van der Waals surface area contributed by atoms with E-state index in [0.29, 0.717) is 0 Å². The Morgan fingerprint density at radius 1 is 1.22 bits per heavy atom. The molecular weight excluding hydrogens is 245 g/mol. The molecule has 3 nitrogen and oxygen atoms in total. The lowest BCUT2D eigenvalue weighted by Crippen LogP contribution is -2.38. The third kappa shape index (κ3) is 3.44. The topological polar surface area (TPSA) is 29.5 Å². The second-order valence-corrected chi connectivity index (χ2v) is 8.09. The van der Waals surface area contributed by atoms with Crippen molar-refractivity contribution in [3.63, 3.8) is 0 Å². The molecule has 2 rings (SSSR count). The van der Waals surface area contributed by atoms with Crippen LogP contribution in [0.25, 0.3) is 0 Å². The lowest BCUT2D eigenvalue weighted by molar-refractivity contribution is 0.0408. The summed E-state index contributed by atoms with van der Waals surface area (Å²) in [4.78, 5) is 2.36. The highest BCUT2D eigenvalue weighted by atomic mass is 31.2. The summed E-state index contributed by atoms with van der Waals surface area (Å²) in [5, 5.41) is 1.03. The minimum Gasteiger partial charge on any atom is -0.379 e. The monoisotopic (exact) mass is 267 g/mol. The molecule has 18 heavy (non-hydrogen) atoms. The van der Waals surface area contributed by atoms with Crippen LogP contribution in [0.2, 0.25) is 0 Å². The van der Waals surface area contributed by atoms with Gasteiger partial charge in [-0.05, 0) is 0 Å². The summed E-state index contributed by atoms with van der Waals surface area (Å²) in [6, 6.07) is 9.94. The molecule has 1 saturated heterocycles. The summed E-state index contributed by atoms with van der Waals surface area (Å²) >= 11 is 0. The van der Waals surface area contributed by atoms with Gasteiger partial charge in [-0.15, -0.1) is 0 Å². The van der Waals surface area contributed by atoms with Gasteiger partial charge in [0.2, 0.25) is 0 Å². The van der Waals surface area contributed by atoms with Crippen LogP contribution in [0.5, 0.6) is 0 Å². The lowest BCUT2D eigenvalue weighted by Gasteiger charge is -2.28. The second kappa shape index (κ2) is 6.51. The first-order valence-corrected chi connectivity index (χ1v) is 8.76. The maximum absolute atomic E-state index is 13.0. The van der Waals surface area contributed by atoms with Gasteiger partial charge in [-0.25, -0.2) is 0 Å². The molecule has 0 bridgehead atoms. The lowest BCUT2D eigenvalue weighted by atomic mass is 10.4. The van der Waals surface area contributed by atoms with Crippen LogP contribution < -0.4 is 5.30 Å². The molecule has 4 heteroatoms. The molecule has 1 heterocycles. The summed E-state index contributed by atoms with van der Waals surface area (Å²) in [6.45, 7) is 6.51. The van der Waals surface area contributed by atoms with Crippen LogP contribution in [0.1, 0.15) is 6.92 Å². The quantitative estimate of drug-likeness (QED) is 0.764. The summed E-state index contributed by atoms with van der Waals surface area (Å²) in [5.74, 6) is 0. The number of rotatable bonds is 5. The zero-order valence-corrected chi connectivity index (χ0v) is 11.9. The Hall–Kier alpha value is -0.630. The fourth-order valence-corrected chi connectivity index (χ4v) is 4.56. The highest BCUT2D eigenvalue weighted by Gasteiger charge is 2.23. The van der Waals surface area contributed by atoms with Gasteiger partial charge in [0.25, 0.3) is 0 Å². The van der Waals surface area contributed by atoms with Crippen molar-refractivity contribution in [3.8, 4) is 0 Å². The van der Waals surface area contributed by atoms with Crippen molar-refractivity contribution in [1.82, 2.24) is 4.90 Å². The number of morpholine rings is 1. The van der Waals surface area contributed by atoms with Gasteiger partial charge < -0.3 is 9.30 Å². The molecule has 1 atom stereocenters. The summed E-state index contributed by atoms with van der Waals surface area (Å²) in [5.41, 5.74) is 0. The van der Waals surface area contributed by atoms with E-state index in [1.54, 1.807) is 0 Å². The van der Waals surface area contributed by atoms with E-state index in [4.69, 9.17) is 4.74 Å². The van der Waals surface area contributed by atoms with Crippen molar-refractivity contribution in [1.29, 1.82) is 0 Å². The normalized spacial score (nSPS) is 20.5. The van der Waals surface area contributed by atoms with Crippen LogP contribution >= 0.6 is 7.14 Å². The fourth-order valence-electron chi connectivity index (χ4n) is 2.30. The van der Waals surface area contributed by atoms with Gasteiger partial charge in [0.1, 0.15) is 7.14 Å². The van der Waals surface area contributed by atoms with E-state index in [1.165, 1.54) is 0 Å². The molecule has 1 aromatic rings. The standard InChI is InChI=1S/C14H22NO2P/c1-2-18(16,14-6-4-3-5-7-14)13-10-15-8-11-17-12-9-15/h3-7H,2,8-13H2,1H3. The average molecular weight is 267 g/mol. The molecule has 0 saturated carbocycles. The first kappa shape index (κ1) is 13.8. The SMILES string of the molecule is CCP(=O)(CCN1CCOCC1)c1ccccc1. The summed E-state index contributed by atoms with van der Waals surface area (Å²) in [7, 11) is -2.20. The number of nitrogens with zero attached hydrogens (tertiary/aromatic N) is 1.